The summed E-state index contributed by atoms with van der Waals surface area (Å²) in [5, 5.41) is 8.02. The van der Waals surface area contributed by atoms with Crippen molar-refractivity contribution in [3.05, 3.63) is 65.9 Å². The molecule has 1 aliphatic heterocycles. The summed E-state index contributed by atoms with van der Waals surface area (Å²) in [6, 6.07) is 7.33. The molecule has 3 aromatic heterocycles. The molecule has 1 unspecified atom stereocenters. The zero-order chi connectivity index (χ0) is 17.5. The van der Waals surface area contributed by atoms with Crippen LogP contribution in [0.5, 0.6) is 0 Å². The Kier molecular flexibility index (Phi) is 3.38. The van der Waals surface area contributed by atoms with E-state index in [4.69, 9.17) is 5.10 Å². The summed E-state index contributed by atoms with van der Waals surface area (Å²) >= 11 is 0. The smallest absolute Gasteiger partial charge is 0.226 e. The number of allylic oxidation sites excluding steroid dienone is 2. The third-order valence-corrected chi connectivity index (χ3v) is 4.79. The van der Waals surface area contributed by atoms with Crippen LogP contribution in [0.25, 0.3) is 11.4 Å². The van der Waals surface area contributed by atoms with E-state index in [2.05, 4.69) is 20.3 Å². The number of hydrogen-bond acceptors (Lipinski definition) is 6. The Balaban J connectivity index is 1.69. The minimum atomic E-state index is -0.305. The number of ketones is 1. The molecule has 5 rings (SSSR count). The minimum Gasteiger partial charge on any atom is -0.328 e. The first-order valence-electron chi connectivity index (χ1n) is 8.61. The molecule has 0 amide bonds. The Morgan fingerprint density at radius 3 is 2.69 bits per heavy atom. The Morgan fingerprint density at radius 1 is 1.08 bits per heavy atom. The highest BCUT2D eigenvalue weighted by Crippen LogP contribution is 2.40. The van der Waals surface area contributed by atoms with Crippen LogP contribution in [0, 0.1) is 0 Å². The molecule has 7 nitrogen and oxygen atoms in total. The van der Waals surface area contributed by atoms with E-state index >= 15 is 0 Å². The first-order valence-corrected chi connectivity index (χ1v) is 8.61. The molecule has 26 heavy (non-hydrogen) atoms. The highest BCUT2D eigenvalue weighted by Gasteiger charge is 2.36. The summed E-state index contributed by atoms with van der Waals surface area (Å²) in [5.41, 5.74) is 3.50. The van der Waals surface area contributed by atoms with E-state index in [1.54, 1.807) is 29.5 Å². The van der Waals surface area contributed by atoms with E-state index in [1.807, 2.05) is 24.3 Å². The maximum atomic E-state index is 12.7. The van der Waals surface area contributed by atoms with E-state index in [9.17, 15) is 4.79 Å². The molecular weight excluding hydrogens is 328 g/mol. The average Bonchev–Trinajstić information content (AvgIpc) is 3.12. The summed E-state index contributed by atoms with van der Waals surface area (Å²) in [7, 11) is 0. The number of carbonyl (C=O) groups excluding carboxylic acids is 1. The van der Waals surface area contributed by atoms with Gasteiger partial charge < -0.3 is 5.32 Å². The Hall–Kier alpha value is -3.35. The molecule has 3 aromatic rings. The third-order valence-electron chi connectivity index (χ3n) is 4.79. The summed E-state index contributed by atoms with van der Waals surface area (Å²) in [6.07, 6.45) is 9.23. The van der Waals surface area contributed by atoms with Gasteiger partial charge in [-0.2, -0.15) is 4.98 Å². The summed E-state index contributed by atoms with van der Waals surface area (Å²) < 4.78 is 1.79. The maximum Gasteiger partial charge on any atom is 0.226 e. The molecule has 0 radical (unpaired) electrons. The fourth-order valence-corrected chi connectivity index (χ4v) is 3.62. The number of hydrogen-bond donors (Lipinski definition) is 1. The molecule has 0 spiro atoms. The van der Waals surface area contributed by atoms with Crippen molar-refractivity contribution in [2.24, 2.45) is 0 Å². The second-order valence-electron chi connectivity index (χ2n) is 6.43. The number of aromatic nitrogens is 5. The number of Topliss-reactive ketones (excluding diaryl/α,β-unsaturated/α-hetero) is 1. The van der Waals surface area contributed by atoms with Gasteiger partial charge in [0.1, 0.15) is 6.04 Å². The lowest BCUT2D eigenvalue weighted by molar-refractivity contribution is -0.116. The molecule has 4 heterocycles. The highest BCUT2D eigenvalue weighted by molar-refractivity contribution is 5.99. The molecule has 0 saturated heterocycles. The van der Waals surface area contributed by atoms with Gasteiger partial charge in [0.05, 0.1) is 0 Å². The van der Waals surface area contributed by atoms with Crippen molar-refractivity contribution in [1.82, 2.24) is 24.7 Å². The SMILES string of the molecule is O=C1CCCC2=C1C(c1cccnc1)n1nc(-c3cccnc3)nc1N2. The fourth-order valence-electron chi connectivity index (χ4n) is 3.62. The zero-order valence-corrected chi connectivity index (χ0v) is 14.0. The van der Waals surface area contributed by atoms with Gasteiger partial charge in [0.2, 0.25) is 5.95 Å². The molecule has 7 heteroatoms. The highest BCUT2D eigenvalue weighted by atomic mass is 16.1. The standard InChI is InChI=1S/C19H16N6O/c26-15-7-1-6-14-16(15)17(12-4-2-8-20-10-12)25-19(22-14)23-18(24-25)13-5-3-9-21-11-13/h2-5,8-11,17H,1,6-7H2,(H,22,23,24). The molecule has 2 aliphatic rings. The molecule has 0 saturated carbocycles. The molecule has 128 valence electrons. The Labute approximate surface area is 149 Å². The first-order chi connectivity index (χ1) is 12.8. The largest absolute Gasteiger partial charge is 0.328 e. The van der Waals surface area contributed by atoms with E-state index < -0.39 is 0 Å². The van der Waals surface area contributed by atoms with Crippen LogP contribution in [0.15, 0.2) is 60.3 Å². The van der Waals surface area contributed by atoms with Gasteiger partial charge in [-0.05, 0) is 36.6 Å². The summed E-state index contributed by atoms with van der Waals surface area (Å²) in [6.45, 7) is 0. The van der Waals surface area contributed by atoms with E-state index in [-0.39, 0.29) is 11.8 Å². The second-order valence-corrected chi connectivity index (χ2v) is 6.43. The number of rotatable bonds is 2. The van der Waals surface area contributed by atoms with Crippen LogP contribution in [0.2, 0.25) is 0 Å². The number of pyridine rings is 2. The van der Waals surface area contributed by atoms with E-state index in [0.717, 1.165) is 35.2 Å². The second kappa shape index (κ2) is 5.87. The van der Waals surface area contributed by atoms with Crippen molar-refractivity contribution >= 4 is 11.7 Å². The van der Waals surface area contributed by atoms with Crippen molar-refractivity contribution < 1.29 is 4.79 Å². The third kappa shape index (κ3) is 2.32. The molecule has 1 aliphatic carbocycles. The van der Waals surface area contributed by atoms with Gasteiger partial charge in [-0.1, -0.05) is 6.07 Å². The predicted molar refractivity (Wildman–Crippen MR) is 95.1 cm³/mol. The topological polar surface area (TPSA) is 85.6 Å². The lowest BCUT2D eigenvalue weighted by Crippen LogP contribution is -2.31. The van der Waals surface area contributed by atoms with E-state index in [0.29, 0.717) is 18.2 Å². The number of nitrogens with zero attached hydrogens (tertiary/aromatic N) is 5. The Morgan fingerprint density at radius 2 is 1.92 bits per heavy atom. The van der Waals surface area contributed by atoms with Crippen LogP contribution < -0.4 is 5.32 Å². The van der Waals surface area contributed by atoms with Gasteiger partial charge >= 0.3 is 0 Å². The van der Waals surface area contributed by atoms with Crippen molar-refractivity contribution in [3.8, 4) is 11.4 Å². The minimum absolute atomic E-state index is 0.164. The quantitative estimate of drug-likeness (QED) is 0.769. The summed E-state index contributed by atoms with van der Waals surface area (Å²) in [4.78, 5) is 25.7. The number of carbonyl (C=O) groups is 1. The molecule has 1 N–H and O–H groups in total. The molecule has 0 bridgehead atoms. The van der Waals surface area contributed by atoms with Gasteiger partial charge in [-0.25, -0.2) is 4.68 Å². The molecular formula is C19H16N6O. The predicted octanol–water partition coefficient (Wildman–Crippen LogP) is 2.76. The monoisotopic (exact) mass is 344 g/mol. The number of fused-ring (bicyclic) bond motifs is 1. The van der Waals surface area contributed by atoms with Crippen molar-refractivity contribution in [2.45, 2.75) is 25.3 Å². The molecule has 1 atom stereocenters. The van der Waals surface area contributed by atoms with E-state index in [1.165, 1.54) is 0 Å². The van der Waals surface area contributed by atoms with Gasteiger partial charge in [-0.15, -0.1) is 5.10 Å². The van der Waals surface area contributed by atoms with Crippen LogP contribution in [0.4, 0.5) is 5.95 Å². The van der Waals surface area contributed by atoms with Crippen LogP contribution in [0.3, 0.4) is 0 Å². The lowest BCUT2D eigenvalue weighted by atomic mass is 9.86. The van der Waals surface area contributed by atoms with Crippen LogP contribution in [-0.4, -0.2) is 30.5 Å². The number of anilines is 1. The van der Waals surface area contributed by atoms with Crippen LogP contribution in [0.1, 0.15) is 30.9 Å². The van der Waals surface area contributed by atoms with Gasteiger partial charge in [0, 0.05) is 48.0 Å². The lowest BCUT2D eigenvalue weighted by Gasteiger charge is -2.31. The van der Waals surface area contributed by atoms with Gasteiger partial charge in [-0.3, -0.25) is 14.8 Å². The Bertz CT molecular complexity index is 1010. The van der Waals surface area contributed by atoms with Crippen LogP contribution >= 0.6 is 0 Å². The number of nitrogens with one attached hydrogen (secondary N) is 1. The van der Waals surface area contributed by atoms with Gasteiger partial charge in [0.15, 0.2) is 11.6 Å². The van der Waals surface area contributed by atoms with Gasteiger partial charge in [0.25, 0.3) is 0 Å². The fraction of sp³-hybridized carbons (Fsp3) is 0.211. The van der Waals surface area contributed by atoms with Crippen LogP contribution in [-0.2, 0) is 4.79 Å². The first kappa shape index (κ1) is 14.9. The normalized spacial score (nSPS) is 18.9. The maximum absolute atomic E-state index is 12.7. The summed E-state index contributed by atoms with van der Waals surface area (Å²) in [5.74, 6) is 1.39. The van der Waals surface area contributed by atoms with Crippen molar-refractivity contribution in [1.29, 1.82) is 0 Å². The van der Waals surface area contributed by atoms with Crippen molar-refractivity contribution in [2.75, 3.05) is 5.32 Å². The zero-order valence-electron chi connectivity index (χ0n) is 14.0. The average molecular weight is 344 g/mol. The molecule has 0 aromatic carbocycles. The molecule has 0 fully saturated rings. The van der Waals surface area contributed by atoms with Crippen molar-refractivity contribution in [3.63, 3.8) is 0 Å².